The summed E-state index contributed by atoms with van der Waals surface area (Å²) in [6.45, 7) is 2.86. The molecule has 0 spiro atoms. The van der Waals surface area contributed by atoms with Crippen molar-refractivity contribution < 1.29 is 9.72 Å². The van der Waals surface area contributed by atoms with Gasteiger partial charge in [0, 0.05) is 30.8 Å². The molecule has 0 unspecified atom stereocenters. The number of nitro benzene ring substituents is 1. The second kappa shape index (κ2) is 6.76. The maximum Gasteiger partial charge on any atom is 0.350 e. The maximum atomic E-state index is 12.8. The summed E-state index contributed by atoms with van der Waals surface area (Å²) in [5.41, 5.74) is 1.58. The number of non-ortho nitro benzene ring substituents is 1. The molecule has 1 aromatic heterocycles. The Bertz CT molecular complexity index is 1130. The van der Waals surface area contributed by atoms with E-state index in [-0.39, 0.29) is 23.8 Å². The van der Waals surface area contributed by atoms with Crippen LogP contribution in [0.2, 0.25) is 0 Å². The van der Waals surface area contributed by atoms with Gasteiger partial charge in [-0.15, -0.1) is 5.10 Å². The van der Waals surface area contributed by atoms with Gasteiger partial charge in [-0.1, -0.05) is 18.2 Å². The van der Waals surface area contributed by atoms with E-state index in [0.29, 0.717) is 30.2 Å². The number of carbonyl (C=O) groups excluding carboxylic acids is 1. The van der Waals surface area contributed by atoms with Crippen LogP contribution in [0.25, 0.3) is 5.69 Å². The Morgan fingerprint density at radius 1 is 1.11 bits per heavy atom. The summed E-state index contributed by atoms with van der Waals surface area (Å²) in [5, 5.41) is 15.1. The Hall–Kier alpha value is -3.75. The van der Waals surface area contributed by atoms with E-state index < -0.39 is 4.92 Å². The van der Waals surface area contributed by atoms with Crippen LogP contribution in [-0.4, -0.2) is 36.6 Å². The topological polar surface area (TPSA) is 103 Å². The van der Waals surface area contributed by atoms with Gasteiger partial charge in [0.25, 0.3) is 11.6 Å². The molecule has 142 valence electrons. The molecule has 2 aromatic carbocycles. The fraction of sp³-hybridized carbons (Fsp3) is 0.211. The molecule has 0 saturated heterocycles. The van der Waals surface area contributed by atoms with E-state index in [2.05, 4.69) is 5.10 Å². The van der Waals surface area contributed by atoms with Crippen LogP contribution in [-0.2, 0) is 13.1 Å². The zero-order valence-corrected chi connectivity index (χ0v) is 15.1. The van der Waals surface area contributed by atoms with Crippen molar-refractivity contribution in [1.29, 1.82) is 0 Å². The van der Waals surface area contributed by atoms with Crippen molar-refractivity contribution in [3.8, 4) is 5.69 Å². The number of aryl methyl sites for hydroxylation is 1. The van der Waals surface area contributed by atoms with Crippen molar-refractivity contribution in [2.24, 2.45) is 0 Å². The first-order valence-corrected chi connectivity index (χ1v) is 8.74. The van der Waals surface area contributed by atoms with Gasteiger partial charge in [0.1, 0.15) is 0 Å². The van der Waals surface area contributed by atoms with E-state index >= 15 is 0 Å². The summed E-state index contributed by atoms with van der Waals surface area (Å²) in [6, 6.07) is 13.0. The van der Waals surface area contributed by atoms with Crippen LogP contribution in [0.15, 0.2) is 53.3 Å². The molecule has 2 heterocycles. The second-order valence-electron chi connectivity index (χ2n) is 6.58. The van der Waals surface area contributed by atoms with Crippen LogP contribution in [0.4, 0.5) is 5.69 Å². The van der Waals surface area contributed by atoms with Gasteiger partial charge in [-0.05, 0) is 30.7 Å². The standard InChI is InChI=1S/C19H17N5O4/c1-13-4-2-3-5-16(13)18(25)21-10-11-22-17(12-21)20-23(19(22)26)14-6-8-15(9-7-14)24(27)28/h2-9H,10-12H2,1H3. The van der Waals surface area contributed by atoms with E-state index in [4.69, 9.17) is 0 Å². The zero-order valence-electron chi connectivity index (χ0n) is 15.1. The average molecular weight is 379 g/mol. The molecule has 0 N–H and O–H groups in total. The Morgan fingerprint density at radius 3 is 2.50 bits per heavy atom. The maximum absolute atomic E-state index is 12.8. The van der Waals surface area contributed by atoms with Crippen molar-refractivity contribution >= 4 is 11.6 Å². The van der Waals surface area contributed by atoms with E-state index in [1.807, 2.05) is 25.1 Å². The monoisotopic (exact) mass is 379 g/mol. The molecule has 1 amide bonds. The number of hydrogen-bond donors (Lipinski definition) is 0. The predicted molar refractivity (Wildman–Crippen MR) is 100 cm³/mol. The first kappa shape index (κ1) is 17.7. The predicted octanol–water partition coefficient (Wildman–Crippen LogP) is 1.91. The van der Waals surface area contributed by atoms with Crippen molar-refractivity contribution in [1.82, 2.24) is 19.2 Å². The van der Waals surface area contributed by atoms with Crippen LogP contribution in [0, 0.1) is 17.0 Å². The van der Waals surface area contributed by atoms with Crippen LogP contribution >= 0.6 is 0 Å². The van der Waals surface area contributed by atoms with Crippen LogP contribution in [0.3, 0.4) is 0 Å². The third kappa shape index (κ3) is 2.96. The number of amides is 1. The first-order valence-electron chi connectivity index (χ1n) is 8.74. The molecule has 1 aliphatic heterocycles. The Balaban J connectivity index is 1.63. The van der Waals surface area contributed by atoms with E-state index in [1.54, 1.807) is 11.0 Å². The zero-order chi connectivity index (χ0) is 19.8. The molecular weight excluding hydrogens is 362 g/mol. The van der Waals surface area contributed by atoms with Gasteiger partial charge in [-0.3, -0.25) is 19.5 Å². The highest BCUT2D eigenvalue weighted by atomic mass is 16.6. The molecule has 28 heavy (non-hydrogen) atoms. The van der Waals surface area contributed by atoms with Crippen LogP contribution in [0.5, 0.6) is 0 Å². The van der Waals surface area contributed by atoms with Gasteiger partial charge in [0.05, 0.1) is 17.2 Å². The number of nitro groups is 1. The van der Waals surface area contributed by atoms with Crippen LogP contribution < -0.4 is 5.69 Å². The minimum atomic E-state index is -0.500. The SMILES string of the molecule is Cc1ccccc1C(=O)N1CCn2c(nn(-c3ccc([N+](=O)[O-])cc3)c2=O)C1. The van der Waals surface area contributed by atoms with Gasteiger partial charge in [0.2, 0.25) is 0 Å². The summed E-state index contributed by atoms with van der Waals surface area (Å²) in [7, 11) is 0. The Labute approximate surface area is 159 Å². The van der Waals surface area contributed by atoms with Gasteiger partial charge in [-0.2, -0.15) is 4.68 Å². The fourth-order valence-electron chi connectivity index (χ4n) is 3.29. The molecule has 3 aromatic rings. The highest BCUT2D eigenvalue weighted by Gasteiger charge is 2.26. The average Bonchev–Trinajstić information content (AvgIpc) is 3.04. The van der Waals surface area contributed by atoms with E-state index in [1.165, 1.54) is 33.5 Å². The first-order chi connectivity index (χ1) is 13.5. The molecule has 0 atom stereocenters. The van der Waals surface area contributed by atoms with Gasteiger partial charge >= 0.3 is 5.69 Å². The molecule has 4 rings (SSSR count). The minimum absolute atomic E-state index is 0.0595. The number of aromatic nitrogens is 3. The van der Waals surface area contributed by atoms with Crippen molar-refractivity contribution in [2.45, 2.75) is 20.0 Å². The Kier molecular flexibility index (Phi) is 4.26. The molecule has 1 aliphatic rings. The van der Waals surface area contributed by atoms with Crippen molar-refractivity contribution in [3.05, 3.63) is 86.1 Å². The van der Waals surface area contributed by atoms with Gasteiger partial charge in [0.15, 0.2) is 5.82 Å². The number of carbonyl (C=O) groups is 1. The molecule has 0 fully saturated rings. The molecule has 0 aliphatic carbocycles. The van der Waals surface area contributed by atoms with Gasteiger partial charge in [-0.25, -0.2) is 4.79 Å². The quantitative estimate of drug-likeness (QED) is 0.511. The number of nitrogens with zero attached hydrogens (tertiary/aromatic N) is 5. The summed E-state index contributed by atoms with van der Waals surface area (Å²) in [6.07, 6.45) is 0. The summed E-state index contributed by atoms with van der Waals surface area (Å²) in [5.74, 6) is 0.387. The third-order valence-corrected chi connectivity index (χ3v) is 4.83. The lowest BCUT2D eigenvalue weighted by atomic mass is 10.1. The lowest BCUT2D eigenvalue weighted by Gasteiger charge is -2.27. The number of rotatable bonds is 3. The van der Waals surface area contributed by atoms with Crippen molar-refractivity contribution in [2.75, 3.05) is 6.54 Å². The lowest BCUT2D eigenvalue weighted by Crippen LogP contribution is -2.41. The molecule has 9 nitrogen and oxygen atoms in total. The smallest absolute Gasteiger partial charge is 0.329 e. The number of hydrogen-bond acceptors (Lipinski definition) is 5. The highest BCUT2D eigenvalue weighted by molar-refractivity contribution is 5.95. The lowest BCUT2D eigenvalue weighted by molar-refractivity contribution is -0.384. The van der Waals surface area contributed by atoms with Gasteiger partial charge < -0.3 is 4.90 Å². The Morgan fingerprint density at radius 2 is 1.82 bits per heavy atom. The largest absolute Gasteiger partial charge is 0.350 e. The molecule has 0 bridgehead atoms. The summed E-state index contributed by atoms with van der Waals surface area (Å²) < 4.78 is 2.74. The fourth-order valence-corrected chi connectivity index (χ4v) is 3.29. The summed E-state index contributed by atoms with van der Waals surface area (Å²) in [4.78, 5) is 37.5. The highest BCUT2D eigenvalue weighted by Crippen LogP contribution is 2.17. The number of fused-ring (bicyclic) bond motifs is 1. The van der Waals surface area contributed by atoms with Crippen LogP contribution in [0.1, 0.15) is 21.7 Å². The van der Waals surface area contributed by atoms with E-state index in [0.717, 1.165) is 5.56 Å². The minimum Gasteiger partial charge on any atom is -0.329 e. The van der Waals surface area contributed by atoms with E-state index in [9.17, 15) is 19.7 Å². The normalized spacial score (nSPS) is 13.2. The molecular formula is C19H17N5O4. The van der Waals surface area contributed by atoms with Crippen molar-refractivity contribution in [3.63, 3.8) is 0 Å². The molecule has 9 heteroatoms. The number of benzene rings is 2. The molecule has 0 radical (unpaired) electrons. The molecule has 0 saturated carbocycles. The second-order valence-corrected chi connectivity index (χ2v) is 6.58. The third-order valence-electron chi connectivity index (χ3n) is 4.83. The summed E-state index contributed by atoms with van der Waals surface area (Å²) >= 11 is 0.